The van der Waals surface area contributed by atoms with Crippen LogP contribution in [0, 0.1) is 0 Å². The van der Waals surface area contributed by atoms with Gasteiger partial charge >= 0.3 is 12.6 Å². The monoisotopic (exact) mass is 479 g/mol. The van der Waals surface area contributed by atoms with Crippen molar-refractivity contribution in [1.29, 1.82) is 0 Å². The number of carbonyl (C=O) groups excluding carboxylic acids is 4. The number of benzene rings is 3. The fourth-order valence-corrected chi connectivity index (χ4v) is 3.76. The van der Waals surface area contributed by atoms with Crippen LogP contribution in [0.4, 0.5) is 8.78 Å². The summed E-state index contributed by atoms with van der Waals surface area (Å²) in [6.07, 6.45) is 0.414. The maximum Gasteiger partial charge on any atom is 0.387 e. The number of esters is 1. The molecule has 0 aromatic heterocycles. The Morgan fingerprint density at radius 3 is 2.17 bits per heavy atom. The average molecular weight is 479 g/mol. The van der Waals surface area contributed by atoms with Gasteiger partial charge in [-0.15, -0.1) is 0 Å². The minimum atomic E-state index is -2.90. The Kier molecular flexibility index (Phi) is 6.96. The molecule has 9 heteroatoms. The number of hydrogen-bond donors (Lipinski definition) is 1. The zero-order chi connectivity index (χ0) is 24.9. The topological polar surface area (TPSA) is 98.8 Å². The Balaban J connectivity index is 1.33. The molecule has 1 N–H and O–H groups in total. The van der Waals surface area contributed by atoms with Crippen LogP contribution in [0.25, 0.3) is 0 Å². The van der Waals surface area contributed by atoms with E-state index in [0.29, 0.717) is 6.42 Å². The first-order chi connectivity index (χ1) is 16.8. The summed E-state index contributed by atoms with van der Waals surface area (Å²) in [7, 11) is 0. The number of amides is 1. The highest BCUT2D eigenvalue weighted by molar-refractivity contribution is 6.30. The average Bonchev–Trinajstić information content (AvgIpc) is 2.86. The minimum Gasteiger partial charge on any atom is -0.452 e. The van der Waals surface area contributed by atoms with Crippen molar-refractivity contribution in [1.82, 2.24) is 5.32 Å². The molecule has 0 unspecified atom stereocenters. The minimum absolute atomic E-state index is 0.0338. The second kappa shape index (κ2) is 10.3. The van der Waals surface area contributed by atoms with Crippen molar-refractivity contribution >= 4 is 23.4 Å². The molecular weight excluding hydrogens is 460 g/mol. The van der Waals surface area contributed by atoms with Gasteiger partial charge in [-0.3, -0.25) is 14.4 Å². The van der Waals surface area contributed by atoms with Gasteiger partial charge in [0, 0.05) is 28.8 Å². The number of halogens is 2. The van der Waals surface area contributed by atoms with Crippen LogP contribution in [-0.2, 0) is 16.0 Å². The van der Waals surface area contributed by atoms with E-state index in [0.717, 1.165) is 5.56 Å². The summed E-state index contributed by atoms with van der Waals surface area (Å²) in [5, 5.41) is 2.59. The summed E-state index contributed by atoms with van der Waals surface area (Å²) in [6.45, 7) is -3.27. The molecule has 0 aliphatic heterocycles. The molecule has 4 rings (SSSR count). The Morgan fingerprint density at radius 1 is 0.829 bits per heavy atom. The van der Waals surface area contributed by atoms with E-state index in [-0.39, 0.29) is 45.9 Å². The summed E-state index contributed by atoms with van der Waals surface area (Å²) in [4.78, 5) is 50.5. The smallest absolute Gasteiger partial charge is 0.387 e. The molecular formula is C26H19F2NO6. The molecule has 3 aromatic rings. The molecule has 1 aliphatic carbocycles. The first-order valence-corrected chi connectivity index (χ1v) is 10.6. The Morgan fingerprint density at radius 2 is 1.49 bits per heavy atom. The SMILES string of the molecule is O=C(COC(=O)c1cccc2c1C(=O)c1ccccc1C2=O)NCCc1ccc(OC(F)F)cc1. The van der Waals surface area contributed by atoms with E-state index in [1.54, 1.807) is 30.3 Å². The number of carbonyl (C=O) groups is 4. The lowest BCUT2D eigenvalue weighted by molar-refractivity contribution is -0.124. The molecule has 1 aliphatic rings. The fourth-order valence-electron chi connectivity index (χ4n) is 3.76. The maximum atomic E-state index is 13.0. The van der Waals surface area contributed by atoms with Gasteiger partial charge in [0.1, 0.15) is 5.75 Å². The van der Waals surface area contributed by atoms with Gasteiger partial charge in [0.15, 0.2) is 18.2 Å². The van der Waals surface area contributed by atoms with Crippen LogP contribution >= 0.6 is 0 Å². The molecule has 7 nitrogen and oxygen atoms in total. The number of hydrogen-bond acceptors (Lipinski definition) is 6. The standard InChI is InChI=1S/C26H19F2NO6/c27-26(28)35-16-10-8-15(9-11-16)12-13-29-21(30)14-34-25(33)20-7-3-6-19-22(20)24(32)18-5-2-1-4-17(18)23(19)31/h1-11,26H,12-14H2,(H,29,30). The number of nitrogens with one attached hydrogen (secondary N) is 1. The molecule has 0 spiro atoms. The number of ketones is 2. The third kappa shape index (κ3) is 5.24. The fraction of sp³-hybridized carbons (Fsp3) is 0.154. The Bertz CT molecular complexity index is 1300. The molecule has 0 atom stereocenters. The summed E-state index contributed by atoms with van der Waals surface area (Å²) in [5.74, 6) is -2.25. The third-order valence-electron chi connectivity index (χ3n) is 5.39. The van der Waals surface area contributed by atoms with Crippen molar-refractivity contribution in [2.45, 2.75) is 13.0 Å². The first kappa shape index (κ1) is 23.7. The second-order valence-electron chi connectivity index (χ2n) is 7.63. The quantitative estimate of drug-likeness (QED) is 0.388. The van der Waals surface area contributed by atoms with Gasteiger partial charge < -0.3 is 14.8 Å². The van der Waals surface area contributed by atoms with Crippen LogP contribution < -0.4 is 10.1 Å². The van der Waals surface area contributed by atoms with Crippen LogP contribution in [0.15, 0.2) is 66.7 Å². The van der Waals surface area contributed by atoms with Crippen molar-refractivity contribution in [2.24, 2.45) is 0 Å². The van der Waals surface area contributed by atoms with E-state index in [9.17, 15) is 28.0 Å². The highest BCUT2D eigenvalue weighted by Gasteiger charge is 2.33. The number of fused-ring (bicyclic) bond motifs is 2. The lowest BCUT2D eigenvalue weighted by atomic mass is 9.82. The van der Waals surface area contributed by atoms with Crippen LogP contribution in [0.2, 0.25) is 0 Å². The molecule has 0 radical (unpaired) electrons. The summed E-state index contributed by atoms with van der Waals surface area (Å²) in [6, 6.07) is 16.7. The molecule has 0 heterocycles. The van der Waals surface area contributed by atoms with Crippen molar-refractivity contribution < 1.29 is 37.4 Å². The highest BCUT2D eigenvalue weighted by atomic mass is 19.3. The number of ether oxygens (including phenoxy) is 2. The van der Waals surface area contributed by atoms with Crippen molar-refractivity contribution in [2.75, 3.05) is 13.2 Å². The van der Waals surface area contributed by atoms with E-state index >= 15 is 0 Å². The summed E-state index contributed by atoms with van der Waals surface area (Å²) in [5.41, 5.74) is 1.24. The Labute approximate surface area is 198 Å². The van der Waals surface area contributed by atoms with Gasteiger partial charge in [-0.1, -0.05) is 48.5 Å². The Hall–Kier alpha value is -4.40. The van der Waals surface area contributed by atoms with Crippen LogP contribution in [0.1, 0.15) is 47.8 Å². The van der Waals surface area contributed by atoms with Crippen molar-refractivity contribution in [3.8, 4) is 5.75 Å². The van der Waals surface area contributed by atoms with Gasteiger partial charge in [-0.05, 0) is 30.2 Å². The molecule has 0 bridgehead atoms. The van der Waals surface area contributed by atoms with Gasteiger partial charge in [-0.25, -0.2) is 4.79 Å². The van der Waals surface area contributed by atoms with Crippen LogP contribution in [0.5, 0.6) is 5.75 Å². The van der Waals surface area contributed by atoms with E-state index in [1.165, 1.54) is 36.4 Å². The number of alkyl halides is 2. The molecule has 3 aromatic carbocycles. The van der Waals surface area contributed by atoms with Crippen LogP contribution in [0.3, 0.4) is 0 Å². The third-order valence-corrected chi connectivity index (χ3v) is 5.39. The van der Waals surface area contributed by atoms with Crippen molar-refractivity contribution in [3.05, 3.63) is 100 Å². The van der Waals surface area contributed by atoms with E-state index in [2.05, 4.69) is 10.1 Å². The largest absolute Gasteiger partial charge is 0.452 e. The zero-order valence-corrected chi connectivity index (χ0v) is 18.3. The van der Waals surface area contributed by atoms with Crippen molar-refractivity contribution in [3.63, 3.8) is 0 Å². The normalized spacial score (nSPS) is 12.1. The zero-order valence-electron chi connectivity index (χ0n) is 18.3. The molecule has 178 valence electrons. The van der Waals surface area contributed by atoms with Gasteiger partial charge in [0.05, 0.1) is 5.56 Å². The lowest BCUT2D eigenvalue weighted by Gasteiger charge is -2.19. The predicted molar refractivity (Wildman–Crippen MR) is 120 cm³/mol. The van der Waals surface area contributed by atoms with E-state index < -0.39 is 30.9 Å². The number of rotatable bonds is 8. The van der Waals surface area contributed by atoms with E-state index in [1.807, 2.05) is 0 Å². The summed E-state index contributed by atoms with van der Waals surface area (Å²) >= 11 is 0. The van der Waals surface area contributed by atoms with E-state index in [4.69, 9.17) is 4.74 Å². The first-order valence-electron chi connectivity index (χ1n) is 10.6. The van der Waals surface area contributed by atoms with Gasteiger partial charge in [0.2, 0.25) is 0 Å². The molecule has 0 saturated carbocycles. The second-order valence-corrected chi connectivity index (χ2v) is 7.63. The highest BCUT2D eigenvalue weighted by Crippen LogP contribution is 2.29. The maximum absolute atomic E-state index is 13.0. The lowest BCUT2D eigenvalue weighted by Crippen LogP contribution is -2.31. The van der Waals surface area contributed by atoms with Gasteiger partial charge in [-0.2, -0.15) is 8.78 Å². The molecule has 1 amide bonds. The molecule has 0 fully saturated rings. The van der Waals surface area contributed by atoms with Crippen LogP contribution in [-0.4, -0.2) is 43.2 Å². The predicted octanol–water partition coefficient (Wildman–Crippen LogP) is 3.58. The molecule has 0 saturated heterocycles. The molecule has 35 heavy (non-hydrogen) atoms. The summed E-state index contributed by atoms with van der Waals surface area (Å²) < 4.78 is 33.7. The van der Waals surface area contributed by atoms with Gasteiger partial charge in [0.25, 0.3) is 5.91 Å².